The molecule has 2 rings (SSSR count). The monoisotopic (exact) mass is 266 g/mol. The van der Waals surface area contributed by atoms with Crippen LogP contribution in [0.4, 0.5) is 10.1 Å². The van der Waals surface area contributed by atoms with Crippen molar-refractivity contribution in [3.8, 4) is 0 Å². The topological polar surface area (TPSA) is 45.1 Å². The van der Waals surface area contributed by atoms with Crippen molar-refractivity contribution in [2.45, 2.75) is 6.10 Å². The number of aliphatic hydroxyl groups excluding tert-OH is 1. The van der Waals surface area contributed by atoms with Crippen LogP contribution in [0.15, 0.2) is 42.7 Å². The SMILES string of the molecule is OC(CNc1ccncc1Cl)c1ccccc1F. The first-order valence-corrected chi connectivity index (χ1v) is 5.82. The Labute approximate surface area is 109 Å². The minimum Gasteiger partial charge on any atom is -0.386 e. The Bertz CT molecular complexity index is 536. The molecule has 0 saturated carbocycles. The van der Waals surface area contributed by atoms with Gasteiger partial charge in [-0.05, 0) is 12.1 Å². The molecule has 0 radical (unpaired) electrons. The molecule has 0 fully saturated rings. The summed E-state index contributed by atoms with van der Waals surface area (Å²) in [7, 11) is 0. The number of aromatic nitrogens is 1. The van der Waals surface area contributed by atoms with Crippen LogP contribution in [-0.4, -0.2) is 16.6 Å². The van der Waals surface area contributed by atoms with Gasteiger partial charge in [-0.15, -0.1) is 0 Å². The van der Waals surface area contributed by atoms with Gasteiger partial charge in [-0.3, -0.25) is 4.98 Å². The molecule has 1 atom stereocenters. The maximum Gasteiger partial charge on any atom is 0.129 e. The lowest BCUT2D eigenvalue weighted by molar-refractivity contribution is 0.186. The highest BCUT2D eigenvalue weighted by atomic mass is 35.5. The Morgan fingerprint density at radius 1 is 1.33 bits per heavy atom. The average molecular weight is 267 g/mol. The number of hydrogen-bond donors (Lipinski definition) is 2. The second kappa shape index (κ2) is 5.80. The molecule has 0 spiro atoms. The quantitative estimate of drug-likeness (QED) is 0.894. The maximum absolute atomic E-state index is 13.4. The van der Waals surface area contributed by atoms with Crippen LogP contribution >= 0.6 is 11.6 Å². The molecule has 18 heavy (non-hydrogen) atoms. The molecule has 0 aliphatic heterocycles. The molecule has 1 heterocycles. The molecule has 2 N–H and O–H groups in total. The molecule has 0 bridgehead atoms. The summed E-state index contributed by atoms with van der Waals surface area (Å²) in [5.41, 5.74) is 0.914. The normalized spacial score (nSPS) is 12.2. The highest BCUT2D eigenvalue weighted by molar-refractivity contribution is 6.33. The minimum atomic E-state index is -0.935. The molecule has 3 nitrogen and oxygen atoms in total. The number of pyridine rings is 1. The molecule has 0 aliphatic carbocycles. The largest absolute Gasteiger partial charge is 0.386 e. The minimum absolute atomic E-state index is 0.171. The van der Waals surface area contributed by atoms with E-state index in [4.69, 9.17) is 11.6 Å². The van der Waals surface area contributed by atoms with Gasteiger partial charge in [0.1, 0.15) is 5.82 Å². The number of aliphatic hydroxyl groups is 1. The van der Waals surface area contributed by atoms with Gasteiger partial charge in [0.25, 0.3) is 0 Å². The summed E-state index contributed by atoms with van der Waals surface area (Å²) < 4.78 is 13.4. The highest BCUT2D eigenvalue weighted by Gasteiger charge is 2.12. The zero-order valence-corrected chi connectivity index (χ0v) is 10.2. The fourth-order valence-corrected chi connectivity index (χ4v) is 1.77. The molecule has 5 heteroatoms. The third-order valence-corrected chi connectivity index (χ3v) is 2.82. The van der Waals surface area contributed by atoms with Gasteiger partial charge < -0.3 is 10.4 Å². The van der Waals surface area contributed by atoms with Gasteiger partial charge in [-0.1, -0.05) is 29.8 Å². The van der Waals surface area contributed by atoms with E-state index in [1.54, 1.807) is 30.5 Å². The average Bonchev–Trinajstić information content (AvgIpc) is 2.38. The summed E-state index contributed by atoms with van der Waals surface area (Å²) in [5, 5.41) is 13.3. The van der Waals surface area contributed by atoms with E-state index in [0.717, 1.165) is 0 Å². The van der Waals surface area contributed by atoms with Crippen LogP contribution in [0.1, 0.15) is 11.7 Å². The Kier molecular flexibility index (Phi) is 4.12. The third kappa shape index (κ3) is 2.97. The summed E-state index contributed by atoms with van der Waals surface area (Å²) in [6.07, 6.45) is 2.15. The lowest BCUT2D eigenvalue weighted by Gasteiger charge is -2.14. The number of halogens is 2. The number of anilines is 1. The third-order valence-electron chi connectivity index (χ3n) is 2.52. The second-order valence-corrected chi connectivity index (χ2v) is 4.18. The Hall–Kier alpha value is -1.65. The number of hydrogen-bond acceptors (Lipinski definition) is 3. The van der Waals surface area contributed by atoms with Crippen molar-refractivity contribution in [3.63, 3.8) is 0 Å². The Morgan fingerprint density at radius 3 is 2.83 bits per heavy atom. The first-order chi connectivity index (χ1) is 8.68. The molecule has 0 saturated heterocycles. The zero-order valence-electron chi connectivity index (χ0n) is 9.48. The smallest absolute Gasteiger partial charge is 0.129 e. The number of nitrogens with zero attached hydrogens (tertiary/aromatic N) is 1. The lowest BCUT2D eigenvalue weighted by atomic mass is 10.1. The summed E-state index contributed by atoms with van der Waals surface area (Å²) in [5.74, 6) is -0.423. The van der Waals surface area contributed by atoms with Crippen molar-refractivity contribution in [2.75, 3.05) is 11.9 Å². The van der Waals surface area contributed by atoms with Crippen LogP contribution in [0, 0.1) is 5.82 Å². The van der Waals surface area contributed by atoms with Gasteiger partial charge in [-0.2, -0.15) is 0 Å². The van der Waals surface area contributed by atoms with Crippen molar-refractivity contribution in [1.29, 1.82) is 0 Å². The molecule has 1 aromatic heterocycles. The number of rotatable bonds is 4. The molecule has 1 unspecified atom stereocenters. The van der Waals surface area contributed by atoms with E-state index in [-0.39, 0.29) is 12.1 Å². The van der Waals surface area contributed by atoms with Gasteiger partial charge in [0, 0.05) is 24.5 Å². The number of nitrogens with one attached hydrogen (secondary N) is 1. The fourth-order valence-electron chi connectivity index (χ4n) is 1.58. The van der Waals surface area contributed by atoms with Crippen molar-refractivity contribution in [3.05, 3.63) is 59.1 Å². The van der Waals surface area contributed by atoms with Crippen LogP contribution in [-0.2, 0) is 0 Å². The summed E-state index contributed by atoms with van der Waals surface area (Å²) in [6.45, 7) is 0.171. The standard InChI is InChI=1S/C13H12ClFN2O/c14-10-7-16-6-5-12(10)17-8-13(18)9-3-1-2-4-11(9)15/h1-7,13,18H,8H2,(H,16,17). The van der Waals surface area contributed by atoms with Crippen LogP contribution in [0.25, 0.3) is 0 Å². The molecule has 1 aromatic carbocycles. The van der Waals surface area contributed by atoms with Crippen LogP contribution in [0.5, 0.6) is 0 Å². The van der Waals surface area contributed by atoms with Crippen molar-refractivity contribution in [2.24, 2.45) is 0 Å². The second-order valence-electron chi connectivity index (χ2n) is 3.77. The predicted octanol–water partition coefficient (Wildman–Crippen LogP) is 3.02. The molecular weight excluding hydrogens is 255 g/mol. The first kappa shape index (κ1) is 12.8. The molecule has 2 aromatic rings. The van der Waals surface area contributed by atoms with Gasteiger partial charge in [0.05, 0.1) is 16.8 Å². The van der Waals surface area contributed by atoms with Gasteiger partial charge in [0.15, 0.2) is 0 Å². The Balaban J connectivity index is 2.03. The number of benzene rings is 1. The Morgan fingerprint density at radius 2 is 2.11 bits per heavy atom. The summed E-state index contributed by atoms with van der Waals surface area (Å²) in [6, 6.07) is 7.82. The summed E-state index contributed by atoms with van der Waals surface area (Å²) >= 11 is 5.90. The van der Waals surface area contributed by atoms with Crippen LogP contribution < -0.4 is 5.32 Å². The van der Waals surface area contributed by atoms with Crippen molar-refractivity contribution in [1.82, 2.24) is 4.98 Å². The van der Waals surface area contributed by atoms with Crippen LogP contribution in [0.2, 0.25) is 5.02 Å². The van der Waals surface area contributed by atoms with E-state index in [1.165, 1.54) is 12.3 Å². The highest BCUT2D eigenvalue weighted by Crippen LogP contribution is 2.21. The maximum atomic E-state index is 13.4. The first-order valence-electron chi connectivity index (χ1n) is 5.44. The summed E-state index contributed by atoms with van der Waals surface area (Å²) in [4.78, 5) is 3.85. The molecule has 0 aliphatic rings. The van der Waals surface area contributed by atoms with E-state index >= 15 is 0 Å². The van der Waals surface area contributed by atoms with Crippen molar-refractivity contribution >= 4 is 17.3 Å². The molecule has 94 valence electrons. The van der Waals surface area contributed by atoms with Gasteiger partial charge >= 0.3 is 0 Å². The fraction of sp³-hybridized carbons (Fsp3) is 0.154. The van der Waals surface area contributed by atoms with E-state index < -0.39 is 11.9 Å². The predicted molar refractivity (Wildman–Crippen MR) is 69.1 cm³/mol. The van der Waals surface area contributed by atoms with Crippen molar-refractivity contribution < 1.29 is 9.50 Å². The van der Waals surface area contributed by atoms with E-state index in [2.05, 4.69) is 10.3 Å². The van der Waals surface area contributed by atoms with E-state index in [0.29, 0.717) is 10.7 Å². The zero-order chi connectivity index (χ0) is 13.0. The molecular formula is C13H12ClFN2O. The molecule has 0 amide bonds. The van der Waals surface area contributed by atoms with Gasteiger partial charge in [-0.25, -0.2) is 4.39 Å². The van der Waals surface area contributed by atoms with Gasteiger partial charge in [0.2, 0.25) is 0 Å². The van der Waals surface area contributed by atoms with Crippen LogP contribution in [0.3, 0.4) is 0 Å². The van der Waals surface area contributed by atoms with E-state index in [1.807, 2.05) is 0 Å². The lowest BCUT2D eigenvalue weighted by Crippen LogP contribution is -2.13. The van der Waals surface area contributed by atoms with E-state index in [9.17, 15) is 9.50 Å².